The Kier molecular flexibility index (Phi) is 6.46. The predicted octanol–water partition coefficient (Wildman–Crippen LogP) is 4.39. The largest absolute Gasteiger partial charge is 0.348 e. The van der Waals surface area contributed by atoms with Gasteiger partial charge in [0.15, 0.2) is 0 Å². The van der Waals surface area contributed by atoms with E-state index in [-0.39, 0.29) is 17.8 Å². The molecule has 0 radical (unpaired) electrons. The van der Waals surface area contributed by atoms with Gasteiger partial charge in [-0.15, -0.1) is 0 Å². The third kappa shape index (κ3) is 5.31. The summed E-state index contributed by atoms with van der Waals surface area (Å²) in [7, 11) is 0. The first-order chi connectivity index (χ1) is 15.6. The van der Waals surface area contributed by atoms with Crippen molar-refractivity contribution < 1.29 is 14.4 Å². The summed E-state index contributed by atoms with van der Waals surface area (Å²) in [5.74, 6) is -0.0504. The molecular weight excluding hydrogens is 404 g/mol. The Labute approximate surface area is 186 Å². The highest BCUT2D eigenvalue weighted by molar-refractivity contribution is 6.00. The van der Waals surface area contributed by atoms with Crippen LogP contribution in [0.3, 0.4) is 0 Å². The van der Waals surface area contributed by atoms with Gasteiger partial charge in [0.2, 0.25) is 5.91 Å². The normalized spacial score (nSPS) is 13.0. The molecule has 3 aromatic carbocycles. The number of amides is 4. The number of nitrogens with one attached hydrogen (secondary N) is 3. The summed E-state index contributed by atoms with van der Waals surface area (Å²) >= 11 is 0. The first kappa shape index (κ1) is 21.1. The number of hydrogen-bond acceptors (Lipinski definition) is 3. The van der Waals surface area contributed by atoms with Crippen LogP contribution in [0.1, 0.15) is 28.8 Å². The molecule has 3 N–H and O–H groups in total. The lowest BCUT2D eigenvalue weighted by Gasteiger charge is -2.16. The first-order valence-corrected chi connectivity index (χ1v) is 10.5. The van der Waals surface area contributed by atoms with Crippen LogP contribution in [0.15, 0.2) is 78.9 Å². The number of benzene rings is 3. The van der Waals surface area contributed by atoms with Crippen LogP contribution >= 0.6 is 0 Å². The monoisotopic (exact) mass is 428 g/mol. The van der Waals surface area contributed by atoms with E-state index >= 15 is 0 Å². The predicted molar refractivity (Wildman–Crippen MR) is 125 cm³/mol. The van der Waals surface area contributed by atoms with Gasteiger partial charge in [-0.2, -0.15) is 0 Å². The summed E-state index contributed by atoms with van der Waals surface area (Å²) in [5, 5.41) is 8.36. The topological polar surface area (TPSA) is 90.5 Å². The van der Waals surface area contributed by atoms with Crippen LogP contribution in [0, 0.1) is 0 Å². The molecular formula is C25H24N4O3. The number of nitrogens with zero attached hydrogens (tertiary/aromatic N) is 1. The summed E-state index contributed by atoms with van der Waals surface area (Å²) in [4.78, 5) is 38.1. The van der Waals surface area contributed by atoms with Crippen molar-refractivity contribution in [1.29, 1.82) is 0 Å². The average Bonchev–Trinajstić information content (AvgIpc) is 3.24. The molecule has 1 heterocycles. The molecule has 7 heteroatoms. The second-order valence-electron chi connectivity index (χ2n) is 7.52. The SMILES string of the molecule is O=C(Nc1ccccc1)Nc1ccc(C(=O)NCc2ccc(N3CCCC3=O)cc2)cc1. The van der Waals surface area contributed by atoms with Gasteiger partial charge in [0, 0.05) is 42.1 Å². The van der Waals surface area contributed by atoms with Gasteiger partial charge in [0.25, 0.3) is 5.91 Å². The zero-order valence-electron chi connectivity index (χ0n) is 17.5. The second kappa shape index (κ2) is 9.78. The lowest BCUT2D eigenvalue weighted by Crippen LogP contribution is -2.24. The quantitative estimate of drug-likeness (QED) is 0.544. The number of para-hydroxylation sites is 1. The van der Waals surface area contributed by atoms with Crippen LogP contribution in [0.2, 0.25) is 0 Å². The minimum atomic E-state index is -0.354. The van der Waals surface area contributed by atoms with E-state index in [1.165, 1.54) is 0 Å². The van der Waals surface area contributed by atoms with Crippen LogP contribution in [0.5, 0.6) is 0 Å². The minimum Gasteiger partial charge on any atom is -0.348 e. The maximum Gasteiger partial charge on any atom is 0.323 e. The molecule has 0 saturated carbocycles. The lowest BCUT2D eigenvalue weighted by molar-refractivity contribution is -0.117. The summed E-state index contributed by atoms with van der Waals surface area (Å²) in [5.41, 5.74) is 3.62. The van der Waals surface area contributed by atoms with Crippen LogP contribution in [-0.2, 0) is 11.3 Å². The van der Waals surface area contributed by atoms with Gasteiger partial charge in [-0.3, -0.25) is 9.59 Å². The molecule has 0 unspecified atom stereocenters. The highest BCUT2D eigenvalue weighted by Gasteiger charge is 2.21. The lowest BCUT2D eigenvalue weighted by atomic mass is 10.1. The molecule has 3 aromatic rings. The van der Waals surface area contributed by atoms with Crippen molar-refractivity contribution in [2.45, 2.75) is 19.4 Å². The van der Waals surface area contributed by atoms with E-state index in [0.29, 0.717) is 29.9 Å². The van der Waals surface area contributed by atoms with Crippen molar-refractivity contribution in [2.75, 3.05) is 22.1 Å². The number of urea groups is 1. The zero-order valence-corrected chi connectivity index (χ0v) is 17.5. The van der Waals surface area contributed by atoms with Crippen LogP contribution in [-0.4, -0.2) is 24.4 Å². The first-order valence-electron chi connectivity index (χ1n) is 10.5. The van der Waals surface area contributed by atoms with Crippen molar-refractivity contribution in [1.82, 2.24) is 5.32 Å². The van der Waals surface area contributed by atoms with Crippen LogP contribution in [0.25, 0.3) is 0 Å². The Bertz CT molecular complexity index is 1100. The van der Waals surface area contributed by atoms with Crippen LogP contribution in [0.4, 0.5) is 21.9 Å². The van der Waals surface area contributed by atoms with E-state index < -0.39 is 0 Å². The Morgan fingerprint density at radius 2 is 1.47 bits per heavy atom. The highest BCUT2D eigenvalue weighted by Crippen LogP contribution is 2.21. The van der Waals surface area contributed by atoms with E-state index in [1.807, 2.05) is 42.5 Å². The van der Waals surface area contributed by atoms with Crippen molar-refractivity contribution in [2.24, 2.45) is 0 Å². The number of carbonyl (C=O) groups is 3. The molecule has 32 heavy (non-hydrogen) atoms. The highest BCUT2D eigenvalue weighted by atomic mass is 16.2. The number of carbonyl (C=O) groups excluding carboxylic acids is 3. The van der Waals surface area contributed by atoms with Gasteiger partial charge in [-0.05, 0) is 60.5 Å². The molecule has 1 saturated heterocycles. The third-order valence-corrected chi connectivity index (χ3v) is 5.21. The van der Waals surface area contributed by atoms with Crippen LogP contribution < -0.4 is 20.9 Å². The van der Waals surface area contributed by atoms with Gasteiger partial charge in [-0.25, -0.2) is 4.79 Å². The molecule has 1 aliphatic heterocycles. The number of anilines is 3. The van der Waals surface area contributed by atoms with E-state index in [9.17, 15) is 14.4 Å². The summed E-state index contributed by atoms with van der Waals surface area (Å²) in [6.07, 6.45) is 1.49. The third-order valence-electron chi connectivity index (χ3n) is 5.21. The molecule has 0 atom stereocenters. The van der Waals surface area contributed by atoms with Gasteiger partial charge < -0.3 is 20.9 Å². The molecule has 4 rings (SSSR count). The maximum atomic E-state index is 12.4. The average molecular weight is 428 g/mol. The molecule has 1 aliphatic rings. The van der Waals surface area contributed by atoms with Crippen molar-refractivity contribution in [3.63, 3.8) is 0 Å². The van der Waals surface area contributed by atoms with Gasteiger partial charge in [0.1, 0.15) is 0 Å². The fraction of sp³-hybridized carbons (Fsp3) is 0.160. The Morgan fingerprint density at radius 1 is 0.812 bits per heavy atom. The number of hydrogen-bond donors (Lipinski definition) is 3. The molecule has 162 valence electrons. The van der Waals surface area contributed by atoms with Gasteiger partial charge >= 0.3 is 6.03 Å². The molecule has 1 fully saturated rings. The summed E-state index contributed by atoms with van der Waals surface area (Å²) in [6.45, 7) is 1.14. The Hall–Kier alpha value is -4.13. The van der Waals surface area contributed by atoms with E-state index in [0.717, 1.165) is 24.2 Å². The molecule has 0 bridgehead atoms. The standard InChI is InChI=1S/C25H24N4O3/c30-23-7-4-16-29(23)22-14-8-18(9-15-22)17-26-24(31)19-10-12-21(13-11-19)28-25(32)27-20-5-2-1-3-6-20/h1-3,5-6,8-15H,4,7,16-17H2,(H,26,31)(H2,27,28,32). The Balaban J connectivity index is 1.27. The number of rotatable bonds is 6. The van der Waals surface area contributed by atoms with Crippen molar-refractivity contribution in [3.05, 3.63) is 90.0 Å². The molecule has 4 amide bonds. The fourth-order valence-corrected chi connectivity index (χ4v) is 3.52. The maximum absolute atomic E-state index is 12.4. The second-order valence-corrected chi connectivity index (χ2v) is 7.52. The van der Waals surface area contributed by atoms with Gasteiger partial charge in [0.05, 0.1) is 0 Å². The molecule has 7 nitrogen and oxygen atoms in total. The molecule has 0 aliphatic carbocycles. The molecule has 0 spiro atoms. The summed E-state index contributed by atoms with van der Waals surface area (Å²) < 4.78 is 0. The van der Waals surface area contributed by atoms with E-state index in [2.05, 4.69) is 16.0 Å². The Morgan fingerprint density at radius 3 is 2.09 bits per heavy atom. The molecule has 0 aromatic heterocycles. The minimum absolute atomic E-state index is 0.154. The van der Waals surface area contributed by atoms with Crippen molar-refractivity contribution >= 4 is 34.9 Å². The fourth-order valence-electron chi connectivity index (χ4n) is 3.52. The smallest absolute Gasteiger partial charge is 0.323 e. The zero-order chi connectivity index (χ0) is 22.3. The van der Waals surface area contributed by atoms with E-state index in [4.69, 9.17) is 0 Å². The van der Waals surface area contributed by atoms with Gasteiger partial charge in [-0.1, -0.05) is 30.3 Å². The van der Waals surface area contributed by atoms with E-state index in [1.54, 1.807) is 41.3 Å². The van der Waals surface area contributed by atoms with Crippen molar-refractivity contribution in [3.8, 4) is 0 Å². The summed E-state index contributed by atoms with van der Waals surface area (Å²) in [6, 6.07) is 23.1.